The Kier molecular flexibility index (Phi) is 3.13. The highest BCUT2D eigenvalue weighted by Crippen LogP contribution is 2.27. The van der Waals surface area contributed by atoms with Crippen LogP contribution in [0.4, 0.5) is 17.1 Å². The van der Waals surface area contributed by atoms with Crippen molar-refractivity contribution < 1.29 is 0 Å². The maximum absolute atomic E-state index is 8.73. The van der Waals surface area contributed by atoms with Gasteiger partial charge >= 0.3 is 0 Å². The Morgan fingerprint density at radius 3 is 2.50 bits per heavy atom. The van der Waals surface area contributed by atoms with Gasteiger partial charge < -0.3 is 0 Å². The highest BCUT2D eigenvalue weighted by atomic mass is 15.1. The number of nitrogens with zero attached hydrogens (tertiary/aromatic N) is 4. The van der Waals surface area contributed by atoms with Crippen molar-refractivity contribution in [2.24, 2.45) is 15.3 Å². The molecule has 2 radical (unpaired) electrons. The van der Waals surface area contributed by atoms with Gasteiger partial charge in [0.15, 0.2) is 0 Å². The van der Waals surface area contributed by atoms with Gasteiger partial charge in [0.1, 0.15) is 11.4 Å². The van der Waals surface area contributed by atoms with E-state index in [4.69, 9.17) is 5.53 Å². The third-order valence-electron chi connectivity index (χ3n) is 1.96. The molecule has 16 heavy (non-hydrogen) atoms. The number of hydrogen-bond donors (Lipinski definition) is 0. The van der Waals surface area contributed by atoms with Crippen LogP contribution in [0.2, 0.25) is 0 Å². The molecule has 0 unspecified atom stereocenters. The molecule has 0 amide bonds. The maximum atomic E-state index is 8.73. The Morgan fingerprint density at radius 2 is 1.75 bits per heavy atom. The molecule has 76 valence electrons. The molecule has 2 aromatic carbocycles. The van der Waals surface area contributed by atoms with Crippen molar-refractivity contribution in [3.05, 3.63) is 54.6 Å². The summed E-state index contributed by atoms with van der Waals surface area (Å²) in [6.45, 7) is 0. The van der Waals surface area contributed by atoms with Crippen LogP contribution in [0.5, 0.6) is 0 Å². The van der Waals surface area contributed by atoms with Crippen molar-refractivity contribution in [2.45, 2.75) is 0 Å². The average Bonchev–Trinajstić information content (AvgIpc) is 2.38. The zero-order valence-corrected chi connectivity index (χ0v) is 8.41. The summed E-state index contributed by atoms with van der Waals surface area (Å²) in [4.78, 5) is 0. The summed E-state index contributed by atoms with van der Waals surface area (Å²) in [5, 5.41) is 11.1. The topological polar surface area (TPSA) is 59.4 Å². The highest BCUT2D eigenvalue weighted by molar-refractivity contribution is 5.60. The lowest BCUT2D eigenvalue weighted by Crippen LogP contribution is -1.67. The maximum Gasteiger partial charge on any atom is 0.115 e. The summed E-state index contributed by atoms with van der Waals surface area (Å²) in [6.07, 6.45) is 0. The van der Waals surface area contributed by atoms with Crippen LogP contribution in [-0.2, 0) is 0 Å². The Labute approximate surface area is 93.2 Å². The first-order chi connectivity index (χ1) is 7.90. The fraction of sp³-hybridized carbons (Fsp3) is 0. The predicted molar refractivity (Wildman–Crippen MR) is 60.1 cm³/mol. The van der Waals surface area contributed by atoms with Crippen LogP contribution >= 0.6 is 0 Å². The molecule has 0 saturated heterocycles. The number of azo groups is 1. The molecule has 2 rings (SSSR count). The van der Waals surface area contributed by atoms with E-state index < -0.39 is 0 Å². The minimum absolute atomic E-state index is 0.374. The molecule has 0 heterocycles. The molecule has 0 spiro atoms. The van der Waals surface area contributed by atoms with Crippen molar-refractivity contribution in [1.82, 2.24) is 5.53 Å². The summed E-state index contributed by atoms with van der Waals surface area (Å²) in [5.74, 6) is 0. The van der Waals surface area contributed by atoms with Crippen LogP contribution < -0.4 is 5.53 Å². The molecule has 0 N–H and O–H groups in total. The molecular formula is C12H8N4. The molecule has 2 aromatic rings. The summed E-state index contributed by atoms with van der Waals surface area (Å²) in [5.41, 5.74) is 10.3. The van der Waals surface area contributed by atoms with Crippen molar-refractivity contribution in [3.8, 4) is 0 Å². The van der Waals surface area contributed by atoms with Gasteiger partial charge in [-0.25, -0.2) is 0 Å². The van der Waals surface area contributed by atoms with Gasteiger partial charge in [0.05, 0.1) is 5.69 Å². The van der Waals surface area contributed by atoms with E-state index in [0.717, 1.165) is 5.69 Å². The van der Waals surface area contributed by atoms with E-state index in [2.05, 4.69) is 21.4 Å². The van der Waals surface area contributed by atoms with Crippen LogP contribution in [0.25, 0.3) is 0 Å². The van der Waals surface area contributed by atoms with Gasteiger partial charge in [-0.1, -0.05) is 24.3 Å². The van der Waals surface area contributed by atoms with Crippen molar-refractivity contribution in [2.75, 3.05) is 0 Å². The average molecular weight is 208 g/mol. The Hall–Kier alpha value is -2.36. The van der Waals surface area contributed by atoms with Gasteiger partial charge in [-0.3, -0.25) is 0 Å². The molecule has 0 aliphatic carbocycles. The molecule has 4 nitrogen and oxygen atoms in total. The molecular weight excluding hydrogens is 200 g/mol. The van der Waals surface area contributed by atoms with Crippen molar-refractivity contribution in [1.29, 1.82) is 0 Å². The quantitative estimate of drug-likeness (QED) is 0.689. The van der Waals surface area contributed by atoms with E-state index in [0.29, 0.717) is 11.4 Å². The van der Waals surface area contributed by atoms with E-state index in [-0.39, 0.29) is 0 Å². The van der Waals surface area contributed by atoms with Crippen LogP contribution in [-0.4, -0.2) is 0 Å². The van der Waals surface area contributed by atoms with Crippen molar-refractivity contribution in [3.63, 3.8) is 0 Å². The van der Waals surface area contributed by atoms with E-state index in [9.17, 15) is 0 Å². The van der Waals surface area contributed by atoms with Crippen LogP contribution in [0.3, 0.4) is 0 Å². The minimum atomic E-state index is 0.374. The minimum Gasteiger partial charge on any atom is -0.150 e. The fourth-order valence-electron chi connectivity index (χ4n) is 1.18. The van der Waals surface area contributed by atoms with Gasteiger partial charge in [0.2, 0.25) is 0 Å². The predicted octanol–water partition coefficient (Wildman–Crippen LogP) is 3.79. The molecule has 0 fully saturated rings. The zero-order valence-electron chi connectivity index (χ0n) is 8.41. The third kappa shape index (κ3) is 2.36. The number of hydrogen-bond acceptors (Lipinski definition) is 3. The number of benzene rings is 2. The molecule has 0 bridgehead atoms. The lowest BCUT2D eigenvalue weighted by atomic mass is 10.3. The van der Waals surface area contributed by atoms with Gasteiger partial charge in [-0.05, 0) is 35.9 Å². The summed E-state index contributed by atoms with van der Waals surface area (Å²) >= 11 is 0. The summed E-state index contributed by atoms with van der Waals surface area (Å²) in [6, 6.07) is 17.1. The molecule has 0 aliphatic heterocycles. The van der Waals surface area contributed by atoms with E-state index in [1.54, 1.807) is 18.2 Å². The van der Waals surface area contributed by atoms with Crippen LogP contribution in [0.15, 0.2) is 63.9 Å². The highest BCUT2D eigenvalue weighted by Gasteiger charge is 1.98. The monoisotopic (exact) mass is 208 g/mol. The lowest BCUT2D eigenvalue weighted by molar-refractivity contribution is 1.20. The standard InChI is InChI=1S/C12H8N4/c13-14-11-8-4-5-9-12(11)16-15-10-6-2-1-3-7-10/h1-4,6-9H/b16-15+. The first-order valence-electron chi connectivity index (χ1n) is 4.72. The largest absolute Gasteiger partial charge is 0.150 e. The first kappa shape index (κ1) is 10.2. The Balaban J connectivity index is 2.27. The van der Waals surface area contributed by atoms with E-state index in [1.165, 1.54) is 0 Å². The van der Waals surface area contributed by atoms with E-state index >= 15 is 0 Å². The van der Waals surface area contributed by atoms with Crippen LogP contribution in [0, 0.1) is 6.07 Å². The second kappa shape index (κ2) is 4.93. The summed E-state index contributed by atoms with van der Waals surface area (Å²) in [7, 11) is 0. The molecule has 0 saturated carbocycles. The van der Waals surface area contributed by atoms with Crippen molar-refractivity contribution >= 4 is 17.1 Å². The van der Waals surface area contributed by atoms with Gasteiger partial charge in [0.25, 0.3) is 0 Å². The third-order valence-corrected chi connectivity index (χ3v) is 1.96. The zero-order chi connectivity index (χ0) is 11.2. The first-order valence-corrected chi connectivity index (χ1v) is 4.72. The smallest absolute Gasteiger partial charge is 0.115 e. The van der Waals surface area contributed by atoms with Gasteiger partial charge in [-0.15, -0.1) is 10.2 Å². The molecule has 4 heteroatoms. The molecule has 0 atom stereocenters. The molecule has 0 aliphatic rings. The lowest BCUT2D eigenvalue weighted by Gasteiger charge is -1.95. The Morgan fingerprint density at radius 1 is 0.938 bits per heavy atom. The van der Waals surface area contributed by atoms with Gasteiger partial charge in [0, 0.05) is 0 Å². The van der Waals surface area contributed by atoms with Crippen LogP contribution in [0.1, 0.15) is 0 Å². The SMILES string of the molecule is [N]=Nc1cc[c]cc1/N=N/c1ccccc1. The number of rotatable bonds is 3. The van der Waals surface area contributed by atoms with Gasteiger partial charge in [-0.2, -0.15) is 5.11 Å². The molecule has 0 aromatic heterocycles. The second-order valence-corrected chi connectivity index (χ2v) is 3.05. The Bertz CT molecular complexity index is 505. The fourth-order valence-corrected chi connectivity index (χ4v) is 1.18. The second-order valence-electron chi connectivity index (χ2n) is 3.05. The summed E-state index contributed by atoms with van der Waals surface area (Å²) < 4.78 is 0. The van der Waals surface area contributed by atoms with E-state index in [1.807, 2.05) is 30.3 Å². The normalized spacial score (nSPS) is 10.5.